The molecule has 0 radical (unpaired) electrons. The fourth-order valence-electron chi connectivity index (χ4n) is 3.33. The van der Waals surface area contributed by atoms with Gasteiger partial charge in [0.15, 0.2) is 0 Å². The van der Waals surface area contributed by atoms with Crippen molar-refractivity contribution in [1.29, 1.82) is 5.26 Å². The lowest BCUT2D eigenvalue weighted by Gasteiger charge is -2.26. The van der Waals surface area contributed by atoms with E-state index >= 15 is 0 Å². The van der Waals surface area contributed by atoms with Crippen molar-refractivity contribution in [3.63, 3.8) is 0 Å². The summed E-state index contributed by atoms with van der Waals surface area (Å²) in [6.45, 7) is 0.285. The summed E-state index contributed by atoms with van der Waals surface area (Å²) >= 11 is 1.46. The number of fused-ring (bicyclic) bond motifs is 1. The molecule has 1 heterocycles. The molecular formula is C22H22FN3O2S. The summed E-state index contributed by atoms with van der Waals surface area (Å²) in [6.07, 6.45) is 1.03. The molecule has 29 heavy (non-hydrogen) atoms. The van der Waals surface area contributed by atoms with Crippen LogP contribution >= 0.6 is 11.8 Å². The summed E-state index contributed by atoms with van der Waals surface area (Å²) in [4.78, 5) is 27.3. The third-order valence-corrected chi connectivity index (χ3v) is 5.90. The summed E-state index contributed by atoms with van der Waals surface area (Å²) in [5, 5.41) is 11.8. The average Bonchev–Trinajstić information content (AvgIpc) is 2.74. The first kappa shape index (κ1) is 20.9. The van der Waals surface area contributed by atoms with E-state index in [1.54, 1.807) is 23.1 Å². The van der Waals surface area contributed by atoms with Crippen molar-refractivity contribution in [1.82, 2.24) is 5.32 Å². The van der Waals surface area contributed by atoms with Crippen LogP contribution in [0.25, 0.3) is 0 Å². The molecule has 0 saturated heterocycles. The Morgan fingerprint density at radius 3 is 2.72 bits per heavy atom. The van der Waals surface area contributed by atoms with Crippen molar-refractivity contribution in [3.05, 3.63) is 59.9 Å². The fourth-order valence-corrected chi connectivity index (χ4v) is 4.47. The van der Waals surface area contributed by atoms with Gasteiger partial charge in [-0.15, -0.1) is 11.8 Å². The van der Waals surface area contributed by atoms with Crippen LogP contribution in [0.2, 0.25) is 0 Å². The fraction of sp³-hybridized carbons (Fsp3) is 0.318. The Morgan fingerprint density at radius 2 is 1.97 bits per heavy atom. The highest BCUT2D eigenvalue weighted by Gasteiger charge is 2.25. The van der Waals surface area contributed by atoms with Gasteiger partial charge in [-0.3, -0.25) is 9.59 Å². The Morgan fingerprint density at radius 1 is 1.17 bits per heavy atom. The topological polar surface area (TPSA) is 73.2 Å². The van der Waals surface area contributed by atoms with Gasteiger partial charge >= 0.3 is 0 Å². The van der Waals surface area contributed by atoms with Crippen molar-refractivity contribution in [2.75, 3.05) is 17.2 Å². The molecular weight excluding hydrogens is 389 g/mol. The van der Waals surface area contributed by atoms with Crippen LogP contribution in [0.3, 0.4) is 0 Å². The third kappa shape index (κ3) is 5.36. The van der Waals surface area contributed by atoms with Gasteiger partial charge in [-0.2, -0.15) is 5.26 Å². The van der Waals surface area contributed by atoms with Gasteiger partial charge in [-0.25, -0.2) is 4.39 Å². The van der Waals surface area contributed by atoms with E-state index in [0.717, 1.165) is 17.7 Å². The van der Waals surface area contributed by atoms with Crippen LogP contribution in [-0.4, -0.2) is 24.1 Å². The highest BCUT2D eigenvalue weighted by Crippen LogP contribution is 2.37. The van der Waals surface area contributed by atoms with E-state index in [4.69, 9.17) is 5.26 Å². The molecule has 3 rings (SSSR count). The van der Waals surface area contributed by atoms with E-state index in [2.05, 4.69) is 11.4 Å². The standard InChI is InChI=1S/C22H22FN3O2S/c23-18-9-4-8-17-19(12-15-29-22(17)18)25-20(27)10-11-21(28)26(14-5-13-24)16-6-2-1-3-7-16/h1-4,6-9,19H,5,10-12,14-15H2,(H,25,27). The molecule has 0 bridgehead atoms. The number of nitrogens with one attached hydrogen (secondary N) is 1. The molecule has 2 aromatic rings. The van der Waals surface area contributed by atoms with Crippen LogP contribution in [0, 0.1) is 17.1 Å². The number of halogens is 1. The van der Waals surface area contributed by atoms with Gasteiger partial charge < -0.3 is 10.2 Å². The van der Waals surface area contributed by atoms with Gasteiger partial charge in [0.1, 0.15) is 5.82 Å². The second-order valence-corrected chi connectivity index (χ2v) is 7.81. The van der Waals surface area contributed by atoms with Crippen LogP contribution < -0.4 is 10.2 Å². The number of hydrogen-bond donors (Lipinski definition) is 1. The SMILES string of the molecule is N#CCCN(C(=O)CCC(=O)NC1CCSc2c(F)cccc21)c1ccccc1. The molecule has 2 amide bonds. The van der Waals surface area contributed by atoms with Crippen LogP contribution in [0.4, 0.5) is 10.1 Å². The van der Waals surface area contributed by atoms with Crippen LogP contribution in [-0.2, 0) is 9.59 Å². The Balaban J connectivity index is 1.59. The van der Waals surface area contributed by atoms with Gasteiger partial charge in [0, 0.05) is 35.7 Å². The number of nitrogens with zero attached hydrogens (tertiary/aromatic N) is 2. The number of benzene rings is 2. The lowest BCUT2D eigenvalue weighted by Crippen LogP contribution is -2.34. The number of para-hydroxylation sites is 1. The zero-order chi connectivity index (χ0) is 20.6. The van der Waals surface area contributed by atoms with Gasteiger partial charge in [-0.1, -0.05) is 30.3 Å². The molecule has 1 atom stereocenters. The monoisotopic (exact) mass is 411 g/mol. The Hall–Kier alpha value is -2.85. The quantitative estimate of drug-likeness (QED) is 0.741. The molecule has 0 saturated carbocycles. The Kier molecular flexibility index (Phi) is 7.25. The predicted octanol–water partition coefficient (Wildman–Crippen LogP) is 4.21. The third-order valence-electron chi connectivity index (χ3n) is 4.74. The maximum atomic E-state index is 14.0. The van der Waals surface area contributed by atoms with Crippen LogP contribution in [0.5, 0.6) is 0 Å². The van der Waals surface area contributed by atoms with Crippen LogP contribution in [0.1, 0.15) is 37.3 Å². The summed E-state index contributed by atoms with van der Waals surface area (Å²) < 4.78 is 14.0. The lowest BCUT2D eigenvalue weighted by molar-refractivity contribution is -0.125. The largest absolute Gasteiger partial charge is 0.349 e. The molecule has 150 valence electrons. The molecule has 0 spiro atoms. The molecule has 1 unspecified atom stereocenters. The molecule has 2 aromatic carbocycles. The van der Waals surface area contributed by atoms with E-state index in [0.29, 0.717) is 10.6 Å². The zero-order valence-corrected chi connectivity index (χ0v) is 16.8. The second-order valence-electron chi connectivity index (χ2n) is 6.70. The molecule has 5 nitrogen and oxygen atoms in total. The van der Waals surface area contributed by atoms with Crippen molar-refractivity contribution in [2.45, 2.75) is 36.6 Å². The minimum absolute atomic E-state index is 0.0447. The highest BCUT2D eigenvalue weighted by molar-refractivity contribution is 7.99. The minimum Gasteiger partial charge on any atom is -0.349 e. The maximum absolute atomic E-state index is 14.0. The molecule has 0 aliphatic carbocycles. The summed E-state index contributed by atoms with van der Waals surface area (Å²) in [7, 11) is 0. The maximum Gasteiger partial charge on any atom is 0.227 e. The van der Waals surface area contributed by atoms with Gasteiger partial charge in [-0.05, 0) is 30.2 Å². The van der Waals surface area contributed by atoms with E-state index < -0.39 is 0 Å². The first-order valence-electron chi connectivity index (χ1n) is 9.53. The van der Waals surface area contributed by atoms with Gasteiger partial charge in [0.2, 0.25) is 11.8 Å². The number of nitriles is 1. The zero-order valence-electron chi connectivity index (χ0n) is 15.9. The van der Waals surface area contributed by atoms with E-state index in [1.165, 1.54) is 17.8 Å². The predicted molar refractivity (Wildman–Crippen MR) is 111 cm³/mol. The summed E-state index contributed by atoms with van der Waals surface area (Å²) in [6, 6.07) is 15.8. The van der Waals surface area contributed by atoms with Gasteiger partial charge in [0.25, 0.3) is 0 Å². The number of thioether (sulfide) groups is 1. The smallest absolute Gasteiger partial charge is 0.227 e. The highest BCUT2D eigenvalue weighted by atomic mass is 32.2. The molecule has 0 aromatic heterocycles. The summed E-state index contributed by atoms with van der Waals surface area (Å²) in [5.41, 5.74) is 1.50. The molecule has 7 heteroatoms. The first-order valence-corrected chi connectivity index (χ1v) is 10.5. The number of amides is 2. The lowest BCUT2D eigenvalue weighted by atomic mass is 10.0. The van der Waals surface area contributed by atoms with E-state index in [1.807, 2.05) is 24.3 Å². The van der Waals surface area contributed by atoms with Crippen molar-refractivity contribution < 1.29 is 14.0 Å². The number of carbonyl (C=O) groups excluding carboxylic acids is 2. The number of rotatable bonds is 7. The van der Waals surface area contributed by atoms with Gasteiger partial charge in [0.05, 0.1) is 18.5 Å². The number of hydrogen-bond acceptors (Lipinski definition) is 4. The van der Waals surface area contributed by atoms with E-state index in [9.17, 15) is 14.0 Å². The summed E-state index contributed by atoms with van der Waals surface area (Å²) in [5.74, 6) is 0.0249. The normalized spacial score (nSPS) is 15.1. The Bertz CT molecular complexity index is 914. The minimum atomic E-state index is -0.266. The molecule has 0 fully saturated rings. The second kappa shape index (κ2) is 10.1. The molecule has 1 N–H and O–H groups in total. The Labute approximate surface area is 173 Å². The number of anilines is 1. The van der Waals surface area contributed by atoms with Crippen molar-refractivity contribution >= 4 is 29.3 Å². The average molecular weight is 412 g/mol. The molecule has 1 aliphatic heterocycles. The number of carbonyl (C=O) groups is 2. The van der Waals surface area contributed by atoms with E-state index in [-0.39, 0.29) is 49.5 Å². The first-order chi connectivity index (χ1) is 14.1. The van der Waals surface area contributed by atoms with Crippen molar-refractivity contribution in [3.8, 4) is 6.07 Å². The van der Waals surface area contributed by atoms with Crippen molar-refractivity contribution in [2.24, 2.45) is 0 Å². The molecule has 1 aliphatic rings. The van der Waals surface area contributed by atoms with Crippen LogP contribution in [0.15, 0.2) is 53.4 Å².